The van der Waals surface area contributed by atoms with Crippen LogP contribution in [0.15, 0.2) is 24.3 Å². The number of benzene rings is 1. The van der Waals surface area contributed by atoms with Crippen LogP contribution in [-0.2, 0) is 9.48 Å². The van der Waals surface area contributed by atoms with Crippen LogP contribution in [0.25, 0.3) is 17.0 Å². The number of nitrogens with zero attached hydrogens (tertiary/aromatic N) is 5. The molecule has 30 heavy (non-hydrogen) atoms. The molecule has 0 radical (unpaired) electrons. The molecule has 1 unspecified atom stereocenters. The first kappa shape index (κ1) is 19.4. The summed E-state index contributed by atoms with van der Waals surface area (Å²) in [7, 11) is 1.87. The molecule has 158 valence electrons. The van der Waals surface area contributed by atoms with Crippen molar-refractivity contribution < 1.29 is 9.47 Å². The molecule has 0 aliphatic carbocycles. The number of anilines is 2. The third-order valence-electron chi connectivity index (χ3n) is 5.82. The van der Waals surface area contributed by atoms with Gasteiger partial charge < -0.3 is 19.7 Å². The van der Waals surface area contributed by atoms with Crippen LogP contribution >= 0.6 is 11.8 Å². The molecule has 1 fully saturated rings. The van der Waals surface area contributed by atoms with Crippen molar-refractivity contribution in [2.45, 2.75) is 24.6 Å². The van der Waals surface area contributed by atoms with Gasteiger partial charge in [0.05, 0.1) is 35.0 Å². The Balaban J connectivity index is 1.78. The average molecular weight is 427 g/mol. The second-order valence-electron chi connectivity index (χ2n) is 7.98. The van der Waals surface area contributed by atoms with Gasteiger partial charge in [-0.25, -0.2) is 14.5 Å². The Morgan fingerprint density at radius 2 is 2.00 bits per heavy atom. The van der Waals surface area contributed by atoms with Crippen molar-refractivity contribution in [3.8, 4) is 11.7 Å². The van der Waals surface area contributed by atoms with Gasteiger partial charge in [-0.05, 0) is 32.2 Å². The molecule has 8 nitrogen and oxygen atoms in total. The molecular formula is C21H26N6O2S. The molecule has 1 atom stereocenters. The van der Waals surface area contributed by atoms with Gasteiger partial charge in [-0.15, -0.1) is 0 Å². The minimum atomic E-state index is -0.239. The highest BCUT2D eigenvalue weighted by molar-refractivity contribution is 7.99. The summed E-state index contributed by atoms with van der Waals surface area (Å²) < 4.78 is 13.6. The molecule has 1 aromatic carbocycles. The zero-order valence-electron chi connectivity index (χ0n) is 17.7. The van der Waals surface area contributed by atoms with E-state index in [1.165, 1.54) is 0 Å². The summed E-state index contributed by atoms with van der Waals surface area (Å²) in [5, 5.41) is 3.19. The lowest BCUT2D eigenvalue weighted by Crippen LogP contribution is -2.52. The van der Waals surface area contributed by atoms with Gasteiger partial charge in [0.15, 0.2) is 11.6 Å². The molecular weight excluding hydrogens is 400 g/mol. The second kappa shape index (κ2) is 7.31. The van der Waals surface area contributed by atoms with Crippen LogP contribution in [0.5, 0.6) is 5.75 Å². The molecule has 1 saturated heterocycles. The third kappa shape index (κ3) is 2.99. The first-order valence-corrected chi connectivity index (χ1v) is 11.4. The number of aromatic nitrogens is 4. The van der Waals surface area contributed by atoms with Gasteiger partial charge in [-0.2, -0.15) is 16.7 Å². The number of hydrogen-bond acceptors (Lipinski definition) is 8. The minimum Gasteiger partial charge on any atom is -0.486 e. The van der Waals surface area contributed by atoms with E-state index < -0.39 is 0 Å². The van der Waals surface area contributed by atoms with Crippen molar-refractivity contribution in [2.75, 3.05) is 49.9 Å². The number of morpholine rings is 1. The van der Waals surface area contributed by atoms with Gasteiger partial charge in [0.25, 0.3) is 0 Å². The molecule has 0 bridgehead atoms. The van der Waals surface area contributed by atoms with E-state index in [0.29, 0.717) is 31.7 Å². The zero-order chi connectivity index (χ0) is 20.9. The summed E-state index contributed by atoms with van der Waals surface area (Å²) >= 11 is 1.75. The van der Waals surface area contributed by atoms with Crippen molar-refractivity contribution in [3.05, 3.63) is 30.0 Å². The predicted octanol–water partition coefficient (Wildman–Crippen LogP) is 3.05. The maximum absolute atomic E-state index is 6.23. The number of rotatable bonds is 4. The monoisotopic (exact) mass is 426 g/mol. The highest BCUT2D eigenvalue weighted by atomic mass is 32.2. The van der Waals surface area contributed by atoms with Gasteiger partial charge in [-0.3, -0.25) is 0 Å². The Hall–Kier alpha value is -2.52. The number of para-hydroxylation sites is 2. The lowest BCUT2D eigenvalue weighted by atomic mass is 10.1. The van der Waals surface area contributed by atoms with E-state index in [2.05, 4.69) is 30.3 Å². The van der Waals surface area contributed by atoms with Crippen molar-refractivity contribution >= 4 is 34.6 Å². The highest BCUT2D eigenvalue weighted by Gasteiger charge is 2.38. The van der Waals surface area contributed by atoms with Crippen molar-refractivity contribution in [1.29, 1.82) is 0 Å². The second-order valence-corrected chi connectivity index (χ2v) is 9.41. The largest absolute Gasteiger partial charge is 0.486 e. The number of hydrogen-bond donors (Lipinski definition) is 1. The molecule has 4 heterocycles. The molecule has 5 rings (SSSR count). The van der Waals surface area contributed by atoms with Gasteiger partial charge in [-0.1, -0.05) is 12.1 Å². The standard InChI is InChI=1S/C21H26N6O2S/c1-21(2,30-4)17-16-18(26-9-10-28-11-13(26)12-29-16)25-20(24-17)27-15-8-6-5-7-14(15)23-19(27)22-3/h5-8,13H,9-12H2,1-4H3,(H,22,23). The maximum Gasteiger partial charge on any atom is 0.239 e. The molecule has 0 saturated carbocycles. The number of fused-ring (bicyclic) bond motifs is 4. The normalized spacial score (nSPS) is 18.7. The molecule has 0 spiro atoms. The maximum atomic E-state index is 6.23. The first-order valence-electron chi connectivity index (χ1n) is 10.1. The predicted molar refractivity (Wildman–Crippen MR) is 120 cm³/mol. The Bertz CT molecular complexity index is 1100. The fourth-order valence-corrected chi connectivity index (χ4v) is 4.34. The summed E-state index contributed by atoms with van der Waals surface area (Å²) in [6.45, 7) is 7.05. The van der Waals surface area contributed by atoms with Gasteiger partial charge in [0.2, 0.25) is 11.9 Å². The molecule has 3 aromatic rings. The van der Waals surface area contributed by atoms with E-state index in [-0.39, 0.29) is 10.8 Å². The number of thioether (sulfide) groups is 1. The topological polar surface area (TPSA) is 77.3 Å². The first-order chi connectivity index (χ1) is 14.5. The van der Waals surface area contributed by atoms with Crippen molar-refractivity contribution in [3.63, 3.8) is 0 Å². The molecule has 2 aliphatic heterocycles. The molecule has 2 aromatic heterocycles. The zero-order valence-corrected chi connectivity index (χ0v) is 18.5. The number of nitrogens with one attached hydrogen (secondary N) is 1. The van der Waals surface area contributed by atoms with E-state index in [9.17, 15) is 0 Å². The summed E-state index contributed by atoms with van der Waals surface area (Å²) in [4.78, 5) is 17.1. The van der Waals surface area contributed by atoms with E-state index in [1.807, 2.05) is 35.9 Å². The van der Waals surface area contributed by atoms with Crippen LogP contribution in [0.2, 0.25) is 0 Å². The van der Waals surface area contributed by atoms with E-state index in [4.69, 9.17) is 24.4 Å². The van der Waals surface area contributed by atoms with Gasteiger partial charge in [0.1, 0.15) is 12.3 Å². The molecule has 2 aliphatic rings. The van der Waals surface area contributed by atoms with Crippen LogP contribution in [0.3, 0.4) is 0 Å². The Morgan fingerprint density at radius 1 is 1.17 bits per heavy atom. The molecule has 1 N–H and O–H groups in total. The average Bonchev–Trinajstić information content (AvgIpc) is 3.17. The Kier molecular flexibility index (Phi) is 4.74. The lowest BCUT2D eigenvalue weighted by Gasteiger charge is -2.41. The van der Waals surface area contributed by atoms with Crippen LogP contribution in [0.4, 0.5) is 11.8 Å². The van der Waals surface area contributed by atoms with E-state index in [0.717, 1.165) is 34.8 Å². The van der Waals surface area contributed by atoms with Gasteiger partial charge >= 0.3 is 0 Å². The smallest absolute Gasteiger partial charge is 0.239 e. The van der Waals surface area contributed by atoms with Crippen LogP contribution in [0, 0.1) is 0 Å². The Labute approximate surface area is 180 Å². The summed E-state index contributed by atoms with van der Waals surface area (Å²) in [5.41, 5.74) is 2.76. The third-order valence-corrected chi connectivity index (χ3v) is 7.03. The van der Waals surface area contributed by atoms with Crippen LogP contribution in [0.1, 0.15) is 19.5 Å². The van der Waals surface area contributed by atoms with Crippen LogP contribution in [-0.4, -0.2) is 65.2 Å². The highest BCUT2D eigenvalue weighted by Crippen LogP contribution is 2.45. The van der Waals surface area contributed by atoms with Gasteiger partial charge in [0, 0.05) is 13.6 Å². The van der Waals surface area contributed by atoms with E-state index >= 15 is 0 Å². The summed E-state index contributed by atoms with van der Waals surface area (Å²) in [5.74, 6) is 2.93. The number of ether oxygens (including phenoxy) is 2. The minimum absolute atomic E-state index is 0.169. The lowest BCUT2D eigenvalue weighted by molar-refractivity contribution is 0.0691. The van der Waals surface area contributed by atoms with Crippen LogP contribution < -0.4 is 15.0 Å². The van der Waals surface area contributed by atoms with Crippen molar-refractivity contribution in [1.82, 2.24) is 19.5 Å². The number of imidazole rings is 1. The molecule has 0 amide bonds. The van der Waals surface area contributed by atoms with E-state index in [1.54, 1.807) is 11.8 Å². The fraction of sp³-hybridized carbons (Fsp3) is 0.476. The Morgan fingerprint density at radius 3 is 2.80 bits per heavy atom. The fourth-order valence-electron chi connectivity index (χ4n) is 4.01. The van der Waals surface area contributed by atoms with Crippen molar-refractivity contribution in [2.24, 2.45) is 0 Å². The molecule has 9 heteroatoms. The summed E-state index contributed by atoms with van der Waals surface area (Å²) in [6.07, 6.45) is 2.10. The summed E-state index contributed by atoms with van der Waals surface area (Å²) in [6, 6.07) is 8.20. The quantitative estimate of drug-likeness (QED) is 0.682. The SMILES string of the molecule is CNc1nc2ccccc2n1-c1nc2c(c(C(C)(C)SC)n1)OCC1COCCN21.